The van der Waals surface area contributed by atoms with Crippen LogP contribution in [0.5, 0.6) is 0 Å². The summed E-state index contributed by atoms with van der Waals surface area (Å²) in [5, 5.41) is 8.52. The van der Waals surface area contributed by atoms with Gasteiger partial charge in [-0.2, -0.15) is 4.72 Å². The van der Waals surface area contributed by atoms with Crippen molar-refractivity contribution in [3.8, 4) is 0 Å². The second kappa shape index (κ2) is 5.36. The zero-order valence-corrected chi connectivity index (χ0v) is 11.1. The number of hydrogen-bond donors (Lipinski definition) is 3. The molecule has 0 aliphatic carbocycles. The number of amides is 1. The molecule has 1 amide bonds. The lowest BCUT2D eigenvalue weighted by Crippen LogP contribution is -2.43. The van der Waals surface area contributed by atoms with E-state index >= 15 is 0 Å². The average molecular weight is 290 g/mol. The van der Waals surface area contributed by atoms with Crippen molar-refractivity contribution in [1.29, 1.82) is 0 Å². The quantitative estimate of drug-likeness (QED) is 0.571. The molecule has 1 heterocycles. The van der Waals surface area contributed by atoms with E-state index in [0.717, 1.165) is 0 Å². The molecule has 0 radical (unpaired) electrons. The van der Waals surface area contributed by atoms with Gasteiger partial charge in [0.25, 0.3) is 10.0 Å². The van der Waals surface area contributed by atoms with Gasteiger partial charge in [0, 0.05) is 13.2 Å². The molecule has 10 heteroatoms. The summed E-state index contributed by atoms with van der Waals surface area (Å²) >= 11 is 0. The van der Waals surface area contributed by atoms with Gasteiger partial charge in [0.2, 0.25) is 5.91 Å². The van der Waals surface area contributed by atoms with Crippen molar-refractivity contribution in [3.05, 3.63) is 12.0 Å². The number of aromatic nitrogens is 2. The van der Waals surface area contributed by atoms with Crippen molar-refractivity contribution in [2.24, 2.45) is 12.8 Å². The van der Waals surface area contributed by atoms with E-state index in [1.807, 2.05) is 4.72 Å². The Bertz CT molecular complexity index is 587. The van der Waals surface area contributed by atoms with Crippen molar-refractivity contribution >= 4 is 21.9 Å². The molecule has 0 fully saturated rings. The lowest BCUT2D eigenvalue weighted by atomic mass is 10.2. The molecule has 4 N–H and O–H groups in total. The van der Waals surface area contributed by atoms with Crippen LogP contribution in [0.2, 0.25) is 0 Å². The summed E-state index contributed by atoms with van der Waals surface area (Å²) in [5.74, 6) is -1.97. The number of nitrogens with two attached hydrogens (primary N) is 1. The van der Waals surface area contributed by atoms with E-state index in [1.54, 1.807) is 14.0 Å². The molecule has 1 aromatic heterocycles. The Morgan fingerprint density at radius 1 is 1.58 bits per heavy atom. The van der Waals surface area contributed by atoms with E-state index in [-0.39, 0.29) is 5.03 Å². The molecule has 0 unspecified atom stereocenters. The maximum Gasteiger partial charge on any atom is 0.322 e. The van der Waals surface area contributed by atoms with Crippen LogP contribution in [0, 0.1) is 6.92 Å². The van der Waals surface area contributed by atoms with Gasteiger partial charge >= 0.3 is 5.97 Å². The number of aliphatic carboxylic acids is 1. The molecule has 0 spiro atoms. The Kier molecular flexibility index (Phi) is 4.27. The van der Waals surface area contributed by atoms with E-state index < -0.39 is 34.4 Å². The fraction of sp³-hybridized carbons (Fsp3) is 0.444. The molecule has 0 bridgehead atoms. The third-order valence-electron chi connectivity index (χ3n) is 2.36. The Morgan fingerprint density at radius 3 is 2.53 bits per heavy atom. The highest BCUT2D eigenvalue weighted by molar-refractivity contribution is 7.89. The molecule has 0 aliphatic heterocycles. The maximum atomic E-state index is 11.9. The van der Waals surface area contributed by atoms with Crippen LogP contribution in [-0.4, -0.2) is 41.0 Å². The van der Waals surface area contributed by atoms with Crippen LogP contribution in [0.15, 0.2) is 11.2 Å². The van der Waals surface area contributed by atoms with Crippen LogP contribution in [0.4, 0.5) is 0 Å². The number of imidazole rings is 1. The summed E-state index contributed by atoms with van der Waals surface area (Å²) in [7, 11) is -2.53. The predicted octanol–water partition coefficient (Wildman–Crippen LogP) is -1.66. The summed E-state index contributed by atoms with van der Waals surface area (Å²) in [6.45, 7) is 1.59. The topological polar surface area (TPSA) is 144 Å². The van der Waals surface area contributed by atoms with Crippen molar-refractivity contribution < 1.29 is 23.1 Å². The zero-order chi connectivity index (χ0) is 14.8. The van der Waals surface area contributed by atoms with Crippen LogP contribution in [-0.2, 0) is 26.7 Å². The van der Waals surface area contributed by atoms with Crippen LogP contribution < -0.4 is 10.5 Å². The van der Waals surface area contributed by atoms with Gasteiger partial charge in [-0.3, -0.25) is 9.59 Å². The van der Waals surface area contributed by atoms with Crippen molar-refractivity contribution in [1.82, 2.24) is 14.3 Å². The highest BCUT2D eigenvalue weighted by Crippen LogP contribution is 2.09. The molecule has 19 heavy (non-hydrogen) atoms. The number of primary amides is 1. The van der Waals surface area contributed by atoms with Gasteiger partial charge in [-0.25, -0.2) is 13.4 Å². The lowest BCUT2D eigenvalue weighted by molar-refractivity contribution is -0.140. The largest absolute Gasteiger partial charge is 0.480 e. The Morgan fingerprint density at radius 2 is 2.16 bits per heavy atom. The SMILES string of the molecule is Cc1nc(S(=O)(=O)N[C@@H](CC(N)=O)C(=O)O)cn1C. The highest BCUT2D eigenvalue weighted by atomic mass is 32.2. The number of nitrogens with zero attached hydrogens (tertiary/aromatic N) is 2. The molecule has 106 valence electrons. The first kappa shape index (κ1) is 15.1. The number of carboxylic acid groups (broad SMARTS) is 1. The number of hydrogen-bond acceptors (Lipinski definition) is 5. The van der Waals surface area contributed by atoms with Crippen LogP contribution in [0.25, 0.3) is 0 Å². The minimum absolute atomic E-state index is 0.316. The molecule has 1 atom stereocenters. The Balaban J connectivity index is 3.00. The standard InChI is InChI=1S/C9H14N4O5S/c1-5-11-8(4-13(5)2)19(17,18)12-6(9(15)16)3-7(10)14/h4,6,12H,3H2,1-2H3,(H2,10,14)(H,15,16)/t6-/m0/s1. The van der Waals surface area contributed by atoms with Gasteiger partial charge in [-0.05, 0) is 6.92 Å². The second-order valence-electron chi connectivity index (χ2n) is 3.92. The Labute approximate surface area is 109 Å². The minimum atomic E-state index is -4.12. The number of carboxylic acids is 1. The van der Waals surface area contributed by atoms with E-state index in [2.05, 4.69) is 4.98 Å². The van der Waals surface area contributed by atoms with Gasteiger partial charge < -0.3 is 15.4 Å². The summed E-state index contributed by atoms with van der Waals surface area (Å²) < 4.78 is 27.1. The first-order valence-corrected chi connectivity index (χ1v) is 6.65. The van der Waals surface area contributed by atoms with E-state index in [4.69, 9.17) is 10.8 Å². The zero-order valence-electron chi connectivity index (χ0n) is 10.3. The van der Waals surface area contributed by atoms with Crippen LogP contribution in [0.3, 0.4) is 0 Å². The number of aryl methyl sites for hydroxylation is 2. The maximum absolute atomic E-state index is 11.9. The van der Waals surface area contributed by atoms with Crippen molar-refractivity contribution in [2.75, 3.05) is 0 Å². The van der Waals surface area contributed by atoms with E-state index in [1.165, 1.54) is 10.8 Å². The van der Waals surface area contributed by atoms with Gasteiger partial charge in [0.15, 0.2) is 5.03 Å². The molecular weight excluding hydrogens is 276 g/mol. The number of nitrogens with one attached hydrogen (secondary N) is 1. The number of sulfonamides is 1. The highest BCUT2D eigenvalue weighted by Gasteiger charge is 2.28. The van der Waals surface area contributed by atoms with Crippen LogP contribution >= 0.6 is 0 Å². The molecule has 9 nitrogen and oxygen atoms in total. The van der Waals surface area contributed by atoms with E-state index in [0.29, 0.717) is 5.82 Å². The Hall–Kier alpha value is -1.94. The van der Waals surface area contributed by atoms with Crippen molar-refractivity contribution in [2.45, 2.75) is 24.4 Å². The summed E-state index contributed by atoms with van der Waals surface area (Å²) in [4.78, 5) is 25.3. The molecule has 0 aromatic carbocycles. The first-order valence-electron chi connectivity index (χ1n) is 5.17. The molecule has 0 saturated heterocycles. The number of rotatable bonds is 6. The molecule has 1 aromatic rings. The number of carbonyl (C=O) groups is 2. The fourth-order valence-electron chi connectivity index (χ4n) is 1.28. The third kappa shape index (κ3) is 3.76. The van der Waals surface area contributed by atoms with E-state index in [9.17, 15) is 18.0 Å². The molecule has 1 rings (SSSR count). The first-order chi connectivity index (χ1) is 8.63. The van der Waals surface area contributed by atoms with Crippen LogP contribution in [0.1, 0.15) is 12.2 Å². The normalized spacial score (nSPS) is 13.2. The molecule has 0 saturated carbocycles. The smallest absolute Gasteiger partial charge is 0.322 e. The third-order valence-corrected chi connectivity index (χ3v) is 3.70. The van der Waals surface area contributed by atoms with Gasteiger partial charge in [-0.15, -0.1) is 0 Å². The minimum Gasteiger partial charge on any atom is -0.480 e. The fourth-order valence-corrected chi connectivity index (χ4v) is 2.51. The molecule has 0 aliphatic rings. The van der Waals surface area contributed by atoms with Gasteiger partial charge in [0.1, 0.15) is 11.9 Å². The number of carbonyl (C=O) groups excluding carboxylic acids is 1. The lowest BCUT2D eigenvalue weighted by Gasteiger charge is -2.11. The molecular formula is C9H14N4O5S. The summed E-state index contributed by atoms with van der Waals surface area (Å²) in [5.41, 5.74) is 4.86. The van der Waals surface area contributed by atoms with Gasteiger partial charge in [-0.1, -0.05) is 0 Å². The van der Waals surface area contributed by atoms with Crippen molar-refractivity contribution in [3.63, 3.8) is 0 Å². The second-order valence-corrected chi connectivity index (χ2v) is 5.58. The van der Waals surface area contributed by atoms with Gasteiger partial charge in [0.05, 0.1) is 6.42 Å². The summed E-state index contributed by atoms with van der Waals surface area (Å²) in [6, 6.07) is -1.62. The average Bonchev–Trinajstić information content (AvgIpc) is 2.58. The monoisotopic (exact) mass is 290 g/mol. The predicted molar refractivity (Wildman–Crippen MR) is 63.5 cm³/mol. The summed E-state index contributed by atoms with van der Waals surface area (Å²) in [6.07, 6.45) is 0.598.